The topological polar surface area (TPSA) is 12.9 Å². The van der Waals surface area contributed by atoms with E-state index in [4.69, 9.17) is 0 Å². The lowest BCUT2D eigenvalue weighted by molar-refractivity contribution is 0.900. The Labute approximate surface area is 125 Å². The summed E-state index contributed by atoms with van der Waals surface area (Å²) in [5.74, 6) is 0. The molecule has 3 heteroatoms. The fourth-order valence-electron chi connectivity index (χ4n) is 2.25. The van der Waals surface area contributed by atoms with E-state index < -0.39 is 0 Å². The van der Waals surface area contributed by atoms with Gasteiger partial charge in [-0.15, -0.1) is 11.3 Å². The fourth-order valence-corrected chi connectivity index (χ4v) is 4.13. The molecule has 0 saturated heterocycles. The lowest BCUT2D eigenvalue weighted by Gasteiger charge is -2.10. The monoisotopic (exact) mass is 331 g/mol. The first-order valence-corrected chi connectivity index (χ1v) is 8.06. The minimum atomic E-state index is 0.317. The van der Waals surface area contributed by atoms with Gasteiger partial charge in [-0.3, -0.25) is 4.98 Å². The lowest BCUT2D eigenvalue weighted by atomic mass is 10.0. The maximum Gasteiger partial charge on any atom is 0.0465 e. The molecule has 0 amide bonds. The van der Waals surface area contributed by atoms with Gasteiger partial charge in [-0.1, -0.05) is 40.2 Å². The van der Waals surface area contributed by atoms with Gasteiger partial charge in [0.1, 0.15) is 0 Å². The van der Waals surface area contributed by atoms with E-state index in [0.29, 0.717) is 4.83 Å². The lowest BCUT2D eigenvalue weighted by Crippen LogP contribution is -1.99. The molecule has 0 aliphatic heterocycles. The van der Waals surface area contributed by atoms with Crippen LogP contribution in [0.3, 0.4) is 0 Å². The molecule has 0 N–H and O–H groups in total. The van der Waals surface area contributed by atoms with E-state index in [1.807, 2.05) is 12.3 Å². The van der Waals surface area contributed by atoms with E-state index >= 15 is 0 Å². The molecule has 2 aromatic heterocycles. The summed E-state index contributed by atoms with van der Waals surface area (Å²) in [6.07, 6.45) is 2.79. The second kappa shape index (κ2) is 5.43. The van der Waals surface area contributed by atoms with Crippen molar-refractivity contribution in [3.8, 4) is 0 Å². The average molecular weight is 332 g/mol. The van der Waals surface area contributed by atoms with Crippen LogP contribution in [0.15, 0.2) is 48.0 Å². The zero-order valence-electron chi connectivity index (χ0n) is 10.6. The molecule has 0 spiro atoms. The Bertz CT molecular complexity index is 705. The van der Waals surface area contributed by atoms with Gasteiger partial charge in [0.25, 0.3) is 0 Å². The van der Waals surface area contributed by atoms with E-state index in [-0.39, 0.29) is 0 Å². The summed E-state index contributed by atoms with van der Waals surface area (Å²) in [5, 5.41) is 3.60. The molecule has 3 rings (SSSR count). The number of fused-ring (bicyclic) bond motifs is 1. The quantitative estimate of drug-likeness (QED) is 0.594. The summed E-state index contributed by atoms with van der Waals surface area (Å²) in [6.45, 7) is 2.12. The Kier molecular flexibility index (Phi) is 3.67. The van der Waals surface area contributed by atoms with Crippen LogP contribution in [0.1, 0.15) is 21.6 Å². The summed E-state index contributed by atoms with van der Waals surface area (Å²) in [5.41, 5.74) is 3.79. The molecule has 1 atom stereocenters. The number of benzene rings is 1. The van der Waals surface area contributed by atoms with Gasteiger partial charge in [-0.25, -0.2) is 0 Å². The Morgan fingerprint density at radius 1 is 1.21 bits per heavy atom. The summed E-state index contributed by atoms with van der Waals surface area (Å²) in [7, 11) is 0. The van der Waals surface area contributed by atoms with Crippen LogP contribution in [0.5, 0.6) is 0 Å². The van der Waals surface area contributed by atoms with Crippen LogP contribution >= 0.6 is 27.3 Å². The molecule has 0 aliphatic rings. The first kappa shape index (κ1) is 12.8. The van der Waals surface area contributed by atoms with E-state index in [0.717, 1.165) is 6.42 Å². The SMILES string of the molecule is Cc1cccnc1CC(Br)c1csc2ccccc12. The largest absolute Gasteiger partial charge is 0.261 e. The van der Waals surface area contributed by atoms with Gasteiger partial charge in [-0.2, -0.15) is 0 Å². The molecule has 0 fully saturated rings. The van der Waals surface area contributed by atoms with Crippen molar-refractivity contribution in [1.29, 1.82) is 0 Å². The third-order valence-electron chi connectivity index (χ3n) is 3.34. The zero-order chi connectivity index (χ0) is 13.2. The van der Waals surface area contributed by atoms with E-state index in [1.54, 1.807) is 11.3 Å². The van der Waals surface area contributed by atoms with Crippen molar-refractivity contribution in [2.45, 2.75) is 18.2 Å². The number of thiophene rings is 1. The molecule has 1 nitrogen and oxygen atoms in total. The fraction of sp³-hybridized carbons (Fsp3) is 0.188. The van der Waals surface area contributed by atoms with E-state index in [9.17, 15) is 0 Å². The van der Waals surface area contributed by atoms with Crippen LogP contribution < -0.4 is 0 Å². The number of aromatic nitrogens is 1. The Morgan fingerprint density at radius 3 is 2.89 bits per heavy atom. The van der Waals surface area contributed by atoms with Crippen LogP contribution in [-0.4, -0.2) is 4.98 Å². The number of nitrogens with zero attached hydrogens (tertiary/aromatic N) is 1. The van der Waals surface area contributed by atoms with Crippen molar-refractivity contribution < 1.29 is 0 Å². The maximum atomic E-state index is 4.48. The third-order valence-corrected chi connectivity index (χ3v) is 5.14. The highest BCUT2D eigenvalue weighted by Gasteiger charge is 2.14. The Hall–Kier alpha value is -1.19. The summed E-state index contributed by atoms with van der Waals surface area (Å²) >= 11 is 5.63. The first-order valence-electron chi connectivity index (χ1n) is 6.26. The molecule has 3 aromatic rings. The van der Waals surface area contributed by atoms with Crippen LogP contribution in [0.4, 0.5) is 0 Å². The van der Waals surface area contributed by atoms with Crippen molar-refractivity contribution in [2.75, 3.05) is 0 Å². The van der Waals surface area contributed by atoms with Gasteiger partial charge in [-0.05, 0) is 40.9 Å². The number of halogens is 1. The minimum Gasteiger partial charge on any atom is -0.261 e. The van der Waals surface area contributed by atoms with Crippen molar-refractivity contribution in [3.05, 3.63) is 64.8 Å². The predicted octanol–water partition coefficient (Wildman–Crippen LogP) is 5.28. The Balaban J connectivity index is 1.92. The average Bonchev–Trinajstić information content (AvgIpc) is 2.85. The highest BCUT2D eigenvalue weighted by atomic mass is 79.9. The smallest absolute Gasteiger partial charge is 0.0465 e. The number of rotatable bonds is 3. The summed E-state index contributed by atoms with van der Waals surface area (Å²) < 4.78 is 1.35. The molecule has 1 aromatic carbocycles. The highest BCUT2D eigenvalue weighted by Crippen LogP contribution is 2.36. The van der Waals surface area contributed by atoms with Gasteiger partial charge in [0.2, 0.25) is 0 Å². The molecule has 2 heterocycles. The molecule has 1 unspecified atom stereocenters. The van der Waals surface area contributed by atoms with Crippen molar-refractivity contribution in [3.63, 3.8) is 0 Å². The zero-order valence-corrected chi connectivity index (χ0v) is 13.0. The van der Waals surface area contributed by atoms with E-state index in [2.05, 4.69) is 63.5 Å². The second-order valence-electron chi connectivity index (χ2n) is 4.63. The van der Waals surface area contributed by atoms with Gasteiger partial charge >= 0.3 is 0 Å². The molecular weight excluding hydrogens is 318 g/mol. The molecular formula is C16H14BrNS. The van der Waals surface area contributed by atoms with Gasteiger partial charge < -0.3 is 0 Å². The number of hydrogen-bond acceptors (Lipinski definition) is 2. The highest BCUT2D eigenvalue weighted by molar-refractivity contribution is 9.09. The van der Waals surface area contributed by atoms with Gasteiger partial charge in [0, 0.05) is 27.8 Å². The normalized spacial score (nSPS) is 12.7. The molecule has 0 aliphatic carbocycles. The number of aryl methyl sites for hydroxylation is 1. The number of hydrogen-bond donors (Lipinski definition) is 0. The summed E-state index contributed by atoms with van der Waals surface area (Å²) in [4.78, 5) is 4.80. The van der Waals surface area contributed by atoms with Crippen LogP contribution in [0.25, 0.3) is 10.1 Å². The predicted molar refractivity (Wildman–Crippen MR) is 86.2 cm³/mol. The van der Waals surface area contributed by atoms with Gasteiger partial charge in [0.15, 0.2) is 0 Å². The van der Waals surface area contributed by atoms with E-state index in [1.165, 1.54) is 26.9 Å². The molecule has 0 radical (unpaired) electrons. The number of pyridine rings is 1. The Morgan fingerprint density at radius 2 is 2.05 bits per heavy atom. The van der Waals surface area contributed by atoms with Crippen LogP contribution in [0.2, 0.25) is 0 Å². The maximum absolute atomic E-state index is 4.48. The van der Waals surface area contributed by atoms with Crippen molar-refractivity contribution in [1.82, 2.24) is 4.98 Å². The van der Waals surface area contributed by atoms with Crippen LogP contribution in [0, 0.1) is 6.92 Å². The second-order valence-corrected chi connectivity index (χ2v) is 6.64. The standard InChI is InChI=1S/C16H14BrNS/c1-11-5-4-8-18-15(11)9-14(17)13-10-19-16-7-3-2-6-12(13)16/h2-8,10,14H,9H2,1H3. The summed E-state index contributed by atoms with van der Waals surface area (Å²) in [6, 6.07) is 12.7. The molecule has 19 heavy (non-hydrogen) atoms. The molecule has 0 saturated carbocycles. The van der Waals surface area contributed by atoms with Crippen LogP contribution in [-0.2, 0) is 6.42 Å². The molecule has 96 valence electrons. The van der Waals surface area contributed by atoms with Crippen molar-refractivity contribution >= 4 is 37.4 Å². The van der Waals surface area contributed by atoms with Crippen molar-refractivity contribution in [2.24, 2.45) is 0 Å². The third kappa shape index (κ3) is 2.58. The number of alkyl halides is 1. The van der Waals surface area contributed by atoms with Gasteiger partial charge in [0.05, 0.1) is 0 Å². The molecule has 0 bridgehead atoms. The first-order chi connectivity index (χ1) is 9.25. The minimum absolute atomic E-state index is 0.317.